The molecular weight excluding hydrogens is 218 g/mol. The van der Waals surface area contributed by atoms with Crippen molar-refractivity contribution in [2.24, 2.45) is 0 Å². The number of nitrogens with one attached hydrogen (secondary N) is 1. The average Bonchev–Trinajstić information content (AvgIpc) is 2.33. The van der Waals surface area contributed by atoms with Crippen LogP contribution in [0.4, 0.5) is 0 Å². The molecule has 16 heavy (non-hydrogen) atoms. The van der Waals surface area contributed by atoms with E-state index in [1.54, 1.807) is 0 Å². The van der Waals surface area contributed by atoms with Gasteiger partial charge in [-0.2, -0.15) is 0 Å². The second-order valence-corrected chi connectivity index (χ2v) is 5.05. The summed E-state index contributed by atoms with van der Waals surface area (Å²) in [5.74, 6) is 1.09. The van der Waals surface area contributed by atoms with Gasteiger partial charge in [-0.15, -0.1) is 11.8 Å². The number of hydrogen-bond donors (Lipinski definition) is 2. The minimum Gasteiger partial charge on any atom is -0.396 e. The summed E-state index contributed by atoms with van der Waals surface area (Å²) in [6, 6.07) is 11.0. The summed E-state index contributed by atoms with van der Waals surface area (Å²) in [6.45, 7) is 3.49. The van der Waals surface area contributed by atoms with Crippen molar-refractivity contribution in [3.8, 4) is 0 Å². The van der Waals surface area contributed by atoms with Crippen molar-refractivity contribution >= 4 is 11.8 Å². The Labute approximate surface area is 102 Å². The van der Waals surface area contributed by atoms with Gasteiger partial charge in [0.15, 0.2) is 0 Å². The molecule has 0 spiro atoms. The molecule has 0 aliphatic heterocycles. The monoisotopic (exact) mass is 239 g/mol. The van der Waals surface area contributed by atoms with Gasteiger partial charge in [0, 0.05) is 29.8 Å². The second-order valence-electron chi connectivity index (χ2n) is 3.88. The summed E-state index contributed by atoms with van der Waals surface area (Å²) < 4.78 is 0. The predicted octanol–water partition coefficient (Wildman–Crippen LogP) is 2.53. The van der Waals surface area contributed by atoms with E-state index >= 15 is 0 Å². The van der Waals surface area contributed by atoms with Crippen LogP contribution in [0.2, 0.25) is 0 Å². The van der Waals surface area contributed by atoms with E-state index in [0.717, 1.165) is 25.1 Å². The fourth-order valence-corrected chi connectivity index (χ4v) is 2.30. The highest BCUT2D eigenvalue weighted by Crippen LogP contribution is 2.15. The first kappa shape index (κ1) is 13.6. The van der Waals surface area contributed by atoms with Crippen molar-refractivity contribution in [2.45, 2.75) is 30.7 Å². The van der Waals surface area contributed by atoms with Gasteiger partial charge in [-0.05, 0) is 31.9 Å². The number of thioether (sulfide) groups is 1. The van der Waals surface area contributed by atoms with Crippen molar-refractivity contribution in [1.82, 2.24) is 5.32 Å². The van der Waals surface area contributed by atoms with E-state index in [1.165, 1.54) is 4.90 Å². The fraction of sp³-hybridized carbons (Fsp3) is 0.538. The number of aliphatic hydroxyl groups excluding tert-OH is 1. The first-order valence-electron chi connectivity index (χ1n) is 5.85. The molecule has 0 bridgehead atoms. The molecule has 0 aromatic heterocycles. The molecule has 3 heteroatoms. The van der Waals surface area contributed by atoms with E-state index < -0.39 is 0 Å². The highest BCUT2D eigenvalue weighted by atomic mass is 32.2. The Kier molecular flexibility index (Phi) is 7.30. The summed E-state index contributed by atoms with van der Waals surface area (Å²) in [7, 11) is 0. The lowest BCUT2D eigenvalue weighted by molar-refractivity contribution is 0.277. The maximum absolute atomic E-state index is 8.70. The van der Waals surface area contributed by atoms with E-state index in [4.69, 9.17) is 5.11 Å². The minimum absolute atomic E-state index is 0.296. The molecule has 0 aliphatic rings. The van der Waals surface area contributed by atoms with Crippen molar-refractivity contribution in [3.63, 3.8) is 0 Å². The van der Waals surface area contributed by atoms with Gasteiger partial charge >= 0.3 is 0 Å². The van der Waals surface area contributed by atoms with Gasteiger partial charge in [-0.3, -0.25) is 0 Å². The molecule has 0 saturated heterocycles. The molecule has 1 unspecified atom stereocenters. The smallest absolute Gasteiger partial charge is 0.0431 e. The molecule has 0 radical (unpaired) electrons. The molecule has 0 heterocycles. The van der Waals surface area contributed by atoms with E-state index in [9.17, 15) is 0 Å². The van der Waals surface area contributed by atoms with Gasteiger partial charge in [0.05, 0.1) is 0 Å². The molecule has 1 rings (SSSR count). The van der Waals surface area contributed by atoms with Crippen molar-refractivity contribution < 1.29 is 5.11 Å². The third-order valence-corrected chi connectivity index (χ3v) is 3.42. The van der Waals surface area contributed by atoms with Crippen molar-refractivity contribution in [2.75, 3.05) is 18.9 Å². The SMILES string of the molecule is CC(CCCO)NCCSc1ccccc1. The summed E-state index contributed by atoms with van der Waals surface area (Å²) in [6.07, 6.45) is 1.94. The Morgan fingerprint density at radius 2 is 2.06 bits per heavy atom. The zero-order chi connectivity index (χ0) is 11.6. The van der Waals surface area contributed by atoms with Crippen LogP contribution >= 0.6 is 11.8 Å². The van der Waals surface area contributed by atoms with Crippen LogP contribution < -0.4 is 5.32 Å². The largest absolute Gasteiger partial charge is 0.396 e. The molecule has 1 aromatic rings. The van der Waals surface area contributed by atoms with E-state index in [-0.39, 0.29) is 0 Å². The molecule has 1 aromatic carbocycles. The van der Waals surface area contributed by atoms with Crippen LogP contribution in [0.15, 0.2) is 35.2 Å². The number of benzene rings is 1. The Morgan fingerprint density at radius 1 is 1.31 bits per heavy atom. The normalized spacial score (nSPS) is 12.6. The van der Waals surface area contributed by atoms with Crippen LogP contribution in [0.25, 0.3) is 0 Å². The minimum atomic E-state index is 0.296. The van der Waals surface area contributed by atoms with Gasteiger partial charge < -0.3 is 10.4 Å². The molecule has 0 aliphatic carbocycles. The lowest BCUT2D eigenvalue weighted by Gasteiger charge is -2.12. The maximum Gasteiger partial charge on any atom is 0.0431 e. The van der Waals surface area contributed by atoms with Gasteiger partial charge in [0.2, 0.25) is 0 Å². The molecule has 90 valence electrons. The van der Waals surface area contributed by atoms with E-state index in [0.29, 0.717) is 12.6 Å². The molecular formula is C13H21NOS. The molecule has 0 amide bonds. The third kappa shape index (κ3) is 6.16. The number of hydrogen-bond acceptors (Lipinski definition) is 3. The fourth-order valence-electron chi connectivity index (χ4n) is 1.49. The Morgan fingerprint density at radius 3 is 2.75 bits per heavy atom. The van der Waals surface area contributed by atoms with Gasteiger partial charge in [-0.1, -0.05) is 18.2 Å². The van der Waals surface area contributed by atoms with Crippen LogP contribution in [-0.4, -0.2) is 30.1 Å². The van der Waals surface area contributed by atoms with Crippen molar-refractivity contribution in [1.29, 1.82) is 0 Å². The zero-order valence-corrected chi connectivity index (χ0v) is 10.7. The Hall–Kier alpha value is -0.510. The summed E-state index contributed by atoms with van der Waals surface area (Å²) in [5, 5.41) is 12.2. The first-order valence-corrected chi connectivity index (χ1v) is 6.83. The van der Waals surface area contributed by atoms with Crippen LogP contribution in [-0.2, 0) is 0 Å². The highest BCUT2D eigenvalue weighted by Gasteiger charge is 1.99. The Balaban J connectivity index is 2.03. The van der Waals surface area contributed by atoms with Crippen LogP contribution in [0.3, 0.4) is 0 Å². The third-order valence-electron chi connectivity index (χ3n) is 2.40. The van der Waals surface area contributed by atoms with Crippen LogP contribution in [0.5, 0.6) is 0 Å². The highest BCUT2D eigenvalue weighted by molar-refractivity contribution is 7.99. The molecule has 0 fully saturated rings. The number of aliphatic hydroxyl groups is 1. The summed E-state index contributed by atoms with van der Waals surface area (Å²) >= 11 is 1.87. The summed E-state index contributed by atoms with van der Waals surface area (Å²) in [5.41, 5.74) is 0. The molecule has 2 nitrogen and oxygen atoms in total. The van der Waals surface area contributed by atoms with Gasteiger partial charge in [0.1, 0.15) is 0 Å². The van der Waals surface area contributed by atoms with Gasteiger partial charge in [-0.25, -0.2) is 0 Å². The molecule has 2 N–H and O–H groups in total. The second kappa shape index (κ2) is 8.62. The van der Waals surface area contributed by atoms with Crippen LogP contribution in [0, 0.1) is 0 Å². The average molecular weight is 239 g/mol. The topological polar surface area (TPSA) is 32.3 Å². The standard InChI is InChI=1S/C13H21NOS/c1-12(6-5-10-15)14-9-11-16-13-7-3-2-4-8-13/h2-4,7-8,12,14-15H,5-6,9-11H2,1H3. The zero-order valence-electron chi connectivity index (χ0n) is 9.86. The number of rotatable bonds is 8. The predicted molar refractivity (Wildman–Crippen MR) is 71.0 cm³/mol. The lowest BCUT2D eigenvalue weighted by atomic mass is 10.2. The first-order chi connectivity index (χ1) is 7.83. The van der Waals surface area contributed by atoms with E-state index in [2.05, 4.69) is 36.5 Å². The summed E-state index contributed by atoms with van der Waals surface area (Å²) in [4.78, 5) is 1.33. The Bertz CT molecular complexity index is 266. The molecule has 0 saturated carbocycles. The van der Waals surface area contributed by atoms with Crippen molar-refractivity contribution in [3.05, 3.63) is 30.3 Å². The van der Waals surface area contributed by atoms with E-state index in [1.807, 2.05) is 17.8 Å². The van der Waals surface area contributed by atoms with Crippen LogP contribution in [0.1, 0.15) is 19.8 Å². The maximum atomic E-state index is 8.70. The quantitative estimate of drug-likeness (QED) is 0.540. The van der Waals surface area contributed by atoms with Gasteiger partial charge in [0.25, 0.3) is 0 Å². The lowest BCUT2D eigenvalue weighted by Crippen LogP contribution is -2.28. The molecule has 1 atom stereocenters.